The van der Waals surface area contributed by atoms with Gasteiger partial charge in [-0.2, -0.15) is 0 Å². The van der Waals surface area contributed by atoms with Crippen molar-refractivity contribution in [1.29, 1.82) is 0 Å². The van der Waals surface area contributed by atoms with Crippen LogP contribution in [0.15, 0.2) is 42.5 Å². The Labute approximate surface area is 200 Å². The zero-order valence-corrected chi connectivity index (χ0v) is 20.4. The molecule has 1 aromatic carbocycles. The van der Waals surface area contributed by atoms with Gasteiger partial charge in [-0.3, -0.25) is 14.5 Å². The van der Waals surface area contributed by atoms with Crippen LogP contribution < -0.4 is 10.6 Å². The standard InChI is InChI=1S/C27H35N3O2S/c1-20(31)29-24-10-9-22(33-24)18-30-15-13-26(14-16-30)17-23(26)25(32)28-19-27(11-5-6-12-27)21-7-3-2-4-8-21/h2-4,7-10,23H,5-6,11-19H2,1H3,(H,28,32)(H,29,31)/t23-/m0/s1. The number of anilines is 1. The van der Waals surface area contributed by atoms with E-state index < -0.39 is 0 Å². The first-order valence-corrected chi connectivity index (χ1v) is 13.2. The van der Waals surface area contributed by atoms with Crippen LogP contribution in [-0.2, 0) is 21.5 Å². The minimum atomic E-state index is -0.0241. The van der Waals surface area contributed by atoms with Crippen LogP contribution in [0.2, 0.25) is 0 Å². The summed E-state index contributed by atoms with van der Waals surface area (Å²) in [6.07, 6.45) is 8.13. The van der Waals surface area contributed by atoms with Gasteiger partial charge in [0.15, 0.2) is 0 Å². The number of nitrogens with one attached hydrogen (secondary N) is 2. The number of carbonyl (C=O) groups is 2. The van der Waals surface area contributed by atoms with Crippen molar-refractivity contribution in [2.75, 3.05) is 25.0 Å². The molecule has 1 aliphatic heterocycles. The van der Waals surface area contributed by atoms with Crippen LogP contribution in [-0.4, -0.2) is 36.3 Å². The zero-order chi connectivity index (χ0) is 22.9. The average molecular weight is 466 g/mol. The number of hydrogen-bond donors (Lipinski definition) is 2. The first kappa shape index (κ1) is 22.6. The number of nitrogens with zero attached hydrogens (tertiary/aromatic N) is 1. The summed E-state index contributed by atoms with van der Waals surface area (Å²) in [5, 5.41) is 7.16. The molecule has 2 aromatic rings. The maximum Gasteiger partial charge on any atom is 0.223 e. The molecular weight excluding hydrogens is 430 g/mol. The van der Waals surface area contributed by atoms with E-state index in [1.807, 2.05) is 6.07 Å². The fourth-order valence-electron chi connectivity index (χ4n) is 6.14. The number of thiophene rings is 1. The van der Waals surface area contributed by atoms with Crippen molar-refractivity contribution in [3.63, 3.8) is 0 Å². The number of benzene rings is 1. The Morgan fingerprint density at radius 1 is 1.03 bits per heavy atom. The first-order valence-electron chi connectivity index (χ1n) is 12.4. The third-order valence-corrected chi connectivity index (χ3v) is 9.23. The lowest BCUT2D eigenvalue weighted by Gasteiger charge is -2.33. The topological polar surface area (TPSA) is 61.4 Å². The van der Waals surface area contributed by atoms with E-state index in [4.69, 9.17) is 0 Å². The molecule has 0 bridgehead atoms. The second-order valence-electron chi connectivity index (χ2n) is 10.4. The molecule has 3 fully saturated rings. The Morgan fingerprint density at radius 3 is 2.45 bits per heavy atom. The largest absolute Gasteiger partial charge is 0.355 e. The van der Waals surface area contributed by atoms with Crippen molar-refractivity contribution >= 4 is 28.2 Å². The molecule has 0 radical (unpaired) electrons. The SMILES string of the molecule is CC(=O)Nc1ccc(CN2CCC3(CC2)C[C@H]3C(=O)NCC2(c3ccccc3)CCCC2)s1. The molecule has 5 rings (SSSR count). The molecule has 1 saturated heterocycles. The number of rotatable bonds is 7. The third-order valence-electron chi connectivity index (χ3n) is 8.25. The molecule has 2 heterocycles. The second kappa shape index (κ2) is 9.22. The monoisotopic (exact) mass is 465 g/mol. The fourth-order valence-corrected chi connectivity index (χ4v) is 7.14. The highest BCUT2D eigenvalue weighted by Gasteiger charge is 2.58. The summed E-state index contributed by atoms with van der Waals surface area (Å²) in [4.78, 5) is 28.1. The number of piperidine rings is 1. The third kappa shape index (κ3) is 4.87. The Balaban J connectivity index is 1.11. The molecule has 1 spiro atoms. The lowest BCUT2D eigenvalue weighted by molar-refractivity contribution is -0.123. The predicted molar refractivity (Wildman–Crippen MR) is 133 cm³/mol. The van der Waals surface area contributed by atoms with Crippen LogP contribution >= 0.6 is 11.3 Å². The average Bonchev–Trinajstić information content (AvgIpc) is 3.14. The summed E-state index contributed by atoms with van der Waals surface area (Å²) in [5.74, 6) is 0.454. The highest BCUT2D eigenvalue weighted by atomic mass is 32.1. The molecule has 0 unspecified atom stereocenters. The molecular formula is C27H35N3O2S. The molecule has 2 N–H and O–H groups in total. The van der Waals surface area contributed by atoms with E-state index in [0.717, 1.165) is 50.4 Å². The Kier molecular flexibility index (Phi) is 6.32. The van der Waals surface area contributed by atoms with Crippen molar-refractivity contribution < 1.29 is 9.59 Å². The van der Waals surface area contributed by atoms with Crippen LogP contribution in [0.4, 0.5) is 5.00 Å². The van der Waals surface area contributed by atoms with Crippen LogP contribution in [0.3, 0.4) is 0 Å². The molecule has 2 aliphatic carbocycles. The fraction of sp³-hybridized carbons (Fsp3) is 0.556. The highest BCUT2D eigenvalue weighted by Crippen LogP contribution is 2.59. The molecule has 1 atom stereocenters. The summed E-state index contributed by atoms with van der Waals surface area (Å²) in [6.45, 7) is 5.34. The summed E-state index contributed by atoms with van der Waals surface area (Å²) >= 11 is 1.65. The van der Waals surface area contributed by atoms with Crippen molar-refractivity contribution in [2.45, 2.75) is 63.8 Å². The van der Waals surface area contributed by atoms with E-state index in [-0.39, 0.29) is 28.6 Å². The molecule has 2 amide bonds. The predicted octanol–water partition coefficient (Wildman–Crippen LogP) is 4.94. The van der Waals surface area contributed by atoms with Gasteiger partial charge in [0, 0.05) is 36.2 Å². The minimum absolute atomic E-state index is 0.0241. The van der Waals surface area contributed by atoms with Crippen LogP contribution in [0, 0.1) is 11.3 Å². The van der Waals surface area contributed by atoms with Crippen LogP contribution in [0.5, 0.6) is 0 Å². The Hall–Kier alpha value is -2.18. The lowest BCUT2D eigenvalue weighted by atomic mass is 9.78. The highest BCUT2D eigenvalue weighted by molar-refractivity contribution is 7.16. The van der Waals surface area contributed by atoms with E-state index >= 15 is 0 Å². The van der Waals surface area contributed by atoms with E-state index in [9.17, 15) is 9.59 Å². The van der Waals surface area contributed by atoms with Crippen molar-refractivity contribution in [2.24, 2.45) is 11.3 Å². The molecule has 2 saturated carbocycles. The smallest absolute Gasteiger partial charge is 0.223 e. The zero-order valence-electron chi connectivity index (χ0n) is 19.6. The normalized spacial score (nSPS) is 23.4. The van der Waals surface area contributed by atoms with Crippen molar-refractivity contribution in [1.82, 2.24) is 10.2 Å². The molecule has 3 aliphatic rings. The summed E-state index contributed by atoms with van der Waals surface area (Å²) in [6, 6.07) is 14.9. The van der Waals surface area contributed by atoms with Gasteiger partial charge in [0.2, 0.25) is 11.8 Å². The maximum atomic E-state index is 13.1. The van der Waals surface area contributed by atoms with Crippen LogP contribution in [0.1, 0.15) is 62.3 Å². The first-order chi connectivity index (χ1) is 16.0. The van der Waals surface area contributed by atoms with Gasteiger partial charge in [-0.25, -0.2) is 0 Å². The van der Waals surface area contributed by atoms with E-state index in [1.54, 1.807) is 18.3 Å². The second-order valence-corrected chi connectivity index (χ2v) is 11.6. The number of hydrogen-bond acceptors (Lipinski definition) is 4. The Bertz CT molecular complexity index is 988. The van der Waals surface area contributed by atoms with Gasteiger partial charge >= 0.3 is 0 Å². The molecule has 1 aromatic heterocycles. The summed E-state index contributed by atoms with van der Waals surface area (Å²) in [7, 11) is 0. The van der Waals surface area contributed by atoms with Gasteiger partial charge < -0.3 is 10.6 Å². The van der Waals surface area contributed by atoms with Gasteiger partial charge in [0.1, 0.15) is 0 Å². The van der Waals surface area contributed by atoms with E-state index in [1.165, 1.54) is 36.1 Å². The Morgan fingerprint density at radius 2 is 1.76 bits per heavy atom. The summed E-state index contributed by atoms with van der Waals surface area (Å²) in [5.41, 5.74) is 1.74. The van der Waals surface area contributed by atoms with Crippen molar-refractivity contribution in [3.05, 3.63) is 52.9 Å². The van der Waals surface area contributed by atoms with Gasteiger partial charge in [-0.15, -0.1) is 11.3 Å². The van der Waals surface area contributed by atoms with Crippen LogP contribution in [0.25, 0.3) is 0 Å². The molecule has 6 heteroatoms. The molecule has 33 heavy (non-hydrogen) atoms. The minimum Gasteiger partial charge on any atom is -0.355 e. The maximum absolute atomic E-state index is 13.1. The van der Waals surface area contributed by atoms with E-state index in [0.29, 0.717) is 0 Å². The lowest BCUT2D eigenvalue weighted by Crippen LogP contribution is -2.41. The van der Waals surface area contributed by atoms with Gasteiger partial charge in [-0.05, 0) is 68.3 Å². The molecule has 176 valence electrons. The quantitative estimate of drug-likeness (QED) is 0.609. The van der Waals surface area contributed by atoms with Gasteiger partial charge in [0.25, 0.3) is 0 Å². The van der Waals surface area contributed by atoms with Crippen molar-refractivity contribution in [3.8, 4) is 0 Å². The molecule has 5 nitrogen and oxygen atoms in total. The number of likely N-dealkylation sites (tertiary alicyclic amines) is 1. The summed E-state index contributed by atoms with van der Waals surface area (Å²) < 4.78 is 0. The van der Waals surface area contributed by atoms with E-state index in [2.05, 4.69) is 51.9 Å². The number of carbonyl (C=O) groups excluding carboxylic acids is 2. The van der Waals surface area contributed by atoms with Gasteiger partial charge in [0.05, 0.1) is 5.00 Å². The van der Waals surface area contributed by atoms with Gasteiger partial charge in [-0.1, -0.05) is 43.2 Å². The number of amides is 2.